The van der Waals surface area contributed by atoms with E-state index in [1.807, 2.05) is 30.3 Å². The van der Waals surface area contributed by atoms with Gasteiger partial charge in [0.1, 0.15) is 0 Å². The summed E-state index contributed by atoms with van der Waals surface area (Å²) in [6.45, 7) is 0.0883. The van der Waals surface area contributed by atoms with Gasteiger partial charge in [0.15, 0.2) is 0 Å². The maximum absolute atomic E-state index is 11.8. The molecule has 0 saturated heterocycles. The van der Waals surface area contributed by atoms with E-state index in [0.717, 1.165) is 20.2 Å². The van der Waals surface area contributed by atoms with Gasteiger partial charge in [0, 0.05) is 14.0 Å². The summed E-state index contributed by atoms with van der Waals surface area (Å²) in [5.41, 5.74) is 4.13. The van der Waals surface area contributed by atoms with Crippen LogP contribution in [0.3, 0.4) is 0 Å². The summed E-state index contributed by atoms with van der Waals surface area (Å²) in [5.74, 6) is -0.249. The highest BCUT2D eigenvalue weighted by Crippen LogP contribution is 2.33. The average Bonchev–Trinajstić information content (AvgIpc) is 2.47. The van der Waals surface area contributed by atoms with Crippen molar-refractivity contribution in [2.75, 3.05) is 11.9 Å². The second-order valence-corrected chi connectivity index (χ2v) is 6.45. The van der Waals surface area contributed by atoms with Crippen LogP contribution in [0.15, 0.2) is 56.5 Å². The van der Waals surface area contributed by atoms with E-state index < -0.39 is 0 Å². The highest BCUT2D eigenvalue weighted by Gasteiger charge is 2.08. The highest BCUT2D eigenvalue weighted by atomic mass is 79.9. The molecule has 4 nitrogen and oxygen atoms in total. The molecule has 0 aliphatic rings. The molecule has 0 unspecified atom stereocenters. The van der Waals surface area contributed by atoms with Crippen LogP contribution in [0, 0.1) is 0 Å². The summed E-state index contributed by atoms with van der Waals surface area (Å²) >= 11 is 12.7. The number of nitrogens with one attached hydrogen (secondary N) is 2. The molecule has 0 aliphatic carbocycles. The van der Waals surface area contributed by atoms with Gasteiger partial charge in [-0.05, 0) is 49.6 Å². The number of hydrogen-bond donors (Lipinski definition) is 2. The number of hydrazone groups is 1. The summed E-state index contributed by atoms with van der Waals surface area (Å²) in [7, 11) is 0. The topological polar surface area (TPSA) is 53.5 Å². The van der Waals surface area contributed by atoms with E-state index >= 15 is 0 Å². The minimum atomic E-state index is -0.249. The molecule has 0 radical (unpaired) electrons. The average molecular weight is 446 g/mol. The Balaban J connectivity index is 1.87. The number of anilines is 1. The molecule has 0 aromatic heterocycles. The van der Waals surface area contributed by atoms with Crippen molar-refractivity contribution in [1.29, 1.82) is 0 Å². The smallest absolute Gasteiger partial charge is 0.259 e. The Bertz CT molecular complexity index is 669. The van der Waals surface area contributed by atoms with Gasteiger partial charge in [0.05, 0.1) is 18.4 Å². The van der Waals surface area contributed by atoms with E-state index in [1.54, 1.807) is 18.3 Å². The SMILES string of the molecule is O=C(CNc1c(Br)cc(Cl)cc1Br)NN=Cc1ccccc1. The fourth-order valence-corrected chi connectivity index (χ4v) is 3.59. The second kappa shape index (κ2) is 8.31. The molecule has 0 heterocycles. The predicted octanol–water partition coefficient (Wildman–Crippen LogP) is 4.43. The first-order chi connectivity index (χ1) is 10.6. The molecular formula is C15H12Br2ClN3O. The van der Waals surface area contributed by atoms with Crippen LogP contribution < -0.4 is 10.7 Å². The first-order valence-corrected chi connectivity index (χ1v) is 8.28. The van der Waals surface area contributed by atoms with Gasteiger partial charge in [-0.3, -0.25) is 4.79 Å². The van der Waals surface area contributed by atoms with Crippen molar-refractivity contribution in [2.45, 2.75) is 0 Å². The maximum Gasteiger partial charge on any atom is 0.259 e. The zero-order valence-corrected chi connectivity index (χ0v) is 15.2. The lowest BCUT2D eigenvalue weighted by Gasteiger charge is -2.10. The molecule has 114 valence electrons. The molecule has 2 N–H and O–H groups in total. The molecule has 2 aromatic rings. The van der Waals surface area contributed by atoms with E-state index in [9.17, 15) is 4.79 Å². The van der Waals surface area contributed by atoms with Crippen LogP contribution in [0.5, 0.6) is 0 Å². The van der Waals surface area contributed by atoms with Crippen molar-refractivity contribution in [3.05, 3.63) is 62.0 Å². The van der Waals surface area contributed by atoms with Crippen molar-refractivity contribution in [1.82, 2.24) is 5.43 Å². The number of rotatable bonds is 5. The van der Waals surface area contributed by atoms with E-state index in [0.29, 0.717) is 5.02 Å². The van der Waals surface area contributed by atoms with Crippen LogP contribution in [0.1, 0.15) is 5.56 Å². The normalized spacial score (nSPS) is 10.7. The molecular weight excluding hydrogens is 433 g/mol. The Morgan fingerprint density at radius 2 is 1.82 bits per heavy atom. The number of carbonyl (C=O) groups excluding carboxylic acids is 1. The quantitative estimate of drug-likeness (QED) is 0.529. The van der Waals surface area contributed by atoms with Crippen LogP contribution in [-0.4, -0.2) is 18.7 Å². The number of hydrogen-bond acceptors (Lipinski definition) is 3. The van der Waals surface area contributed by atoms with Crippen LogP contribution in [0.4, 0.5) is 5.69 Å². The Morgan fingerprint density at radius 1 is 1.18 bits per heavy atom. The van der Waals surface area contributed by atoms with Gasteiger partial charge < -0.3 is 5.32 Å². The third-order valence-electron chi connectivity index (χ3n) is 2.64. The Hall–Kier alpha value is -1.37. The number of nitrogens with zero attached hydrogens (tertiary/aromatic N) is 1. The standard InChI is InChI=1S/C15H12Br2ClN3O/c16-12-6-11(18)7-13(17)15(12)19-9-14(22)21-20-8-10-4-2-1-3-5-10/h1-8,19H,9H2,(H,21,22). The molecule has 0 atom stereocenters. The van der Waals surface area contributed by atoms with Crippen molar-refractivity contribution in [3.63, 3.8) is 0 Å². The largest absolute Gasteiger partial charge is 0.374 e. The summed E-state index contributed by atoms with van der Waals surface area (Å²) in [4.78, 5) is 11.8. The second-order valence-electron chi connectivity index (χ2n) is 4.30. The number of amides is 1. The van der Waals surface area contributed by atoms with Gasteiger partial charge in [-0.25, -0.2) is 5.43 Å². The highest BCUT2D eigenvalue weighted by molar-refractivity contribution is 9.11. The summed E-state index contributed by atoms with van der Waals surface area (Å²) in [5, 5.41) is 7.52. The molecule has 0 saturated carbocycles. The maximum atomic E-state index is 11.8. The summed E-state index contributed by atoms with van der Waals surface area (Å²) in [6, 6.07) is 13.0. The molecule has 22 heavy (non-hydrogen) atoms. The summed E-state index contributed by atoms with van der Waals surface area (Å²) in [6.07, 6.45) is 1.59. The van der Waals surface area contributed by atoms with Crippen molar-refractivity contribution in [3.8, 4) is 0 Å². The lowest BCUT2D eigenvalue weighted by Crippen LogP contribution is -2.26. The van der Waals surface area contributed by atoms with Crippen molar-refractivity contribution in [2.24, 2.45) is 5.10 Å². The van der Waals surface area contributed by atoms with Crippen molar-refractivity contribution < 1.29 is 4.79 Å². The molecule has 0 fully saturated rings. The van der Waals surface area contributed by atoms with Crippen molar-refractivity contribution >= 4 is 61.3 Å². The van der Waals surface area contributed by atoms with E-state index in [1.165, 1.54) is 0 Å². The van der Waals surface area contributed by atoms with Gasteiger partial charge in [-0.15, -0.1) is 0 Å². The Morgan fingerprint density at radius 3 is 2.45 bits per heavy atom. The van der Waals surface area contributed by atoms with Crippen LogP contribution in [0.2, 0.25) is 5.02 Å². The zero-order chi connectivity index (χ0) is 15.9. The van der Waals surface area contributed by atoms with E-state index in [-0.39, 0.29) is 12.5 Å². The Kier molecular flexibility index (Phi) is 6.42. The molecule has 2 rings (SSSR count). The number of carbonyl (C=O) groups is 1. The van der Waals surface area contributed by atoms with Gasteiger partial charge in [0.25, 0.3) is 5.91 Å². The fraction of sp³-hybridized carbons (Fsp3) is 0.0667. The van der Waals surface area contributed by atoms with Gasteiger partial charge >= 0.3 is 0 Å². The van der Waals surface area contributed by atoms with E-state index in [2.05, 4.69) is 47.7 Å². The lowest BCUT2D eigenvalue weighted by atomic mass is 10.2. The minimum Gasteiger partial charge on any atom is -0.374 e. The van der Waals surface area contributed by atoms with Gasteiger partial charge in [0.2, 0.25) is 0 Å². The zero-order valence-electron chi connectivity index (χ0n) is 11.3. The monoisotopic (exact) mass is 443 g/mol. The first kappa shape index (κ1) is 17.0. The first-order valence-electron chi connectivity index (χ1n) is 6.31. The molecule has 0 spiro atoms. The van der Waals surface area contributed by atoms with E-state index in [4.69, 9.17) is 11.6 Å². The fourth-order valence-electron chi connectivity index (χ4n) is 1.64. The lowest BCUT2D eigenvalue weighted by molar-refractivity contribution is -0.119. The van der Waals surface area contributed by atoms with Gasteiger partial charge in [-0.2, -0.15) is 5.10 Å². The molecule has 0 bridgehead atoms. The summed E-state index contributed by atoms with van der Waals surface area (Å²) < 4.78 is 1.54. The Labute approximate surface area is 150 Å². The third-order valence-corrected chi connectivity index (χ3v) is 4.10. The van der Waals surface area contributed by atoms with Crippen LogP contribution in [-0.2, 0) is 4.79 Å². The minimum absolute atomic E-state index is 0.0883. The predicted molar refractivity (Wildman–Crippen MR) is 97.5 cm³/mol. The molecule has 1 amide bonds. The number of halogens is 3. The number of benzene rings is 2. The third kappa shape index (κ3) is 5.12. The van der Waals surface area contributed by atoms with Crippen LogP contribution >= 0.6 is 43.5 Å². The van der Waals surface area contributed by atoms with Crippen LogP contribution in [0.25, 0.3) is 0 Å². The molecule has 7 heteroatoms. The molecule has 0 aliphatic heterocycles. The molecule has 2 aromatic carbocycles. The van der Waals surface area contributed by atoms with Gasteiger partial charge in [-0.1, -0.05) is 41.9 Å².